The molecule has 0 saturated heterocycles. The number of unbranched alkanes of at least 4 members (excludes halogenated alkanes) is 1. The van der Waals surface area contributed by atoms with Crippen molar-refractivity contribution in [3.8, 4) is 0 Å². The maximum absolute atomic E-state index is 11.9. The molecule has 3 rings (SSSR count). The Labute approximate surface area is 122 Å². The fraction of sp³-hybridized carbons (Fsp3) is 0.188. The van der Waals surface area contributed by atoms with Crippen LogP contribution in [0.25, 0.3) is 5.57 Å². The van der Waals surface area contributed by atoms with E-state index in [1.54, 1.807) is 24.7 Å². The lowest BCUT2D eigenvalue weighted by Crippen LogP contribution is -2.03. The Morgan fingerprint density at radius 3 is 3.00 bits per heavy atom. The van der Waals surface area contributed by atoms with Crippen molar-refractivity contribution in [1.29, 1.82) is 0 Å². The highest BCUT2D eigenvalue weighted by Crippen LogP contribution is 2.34. The third-order valence-electron chi connectivity index (χ3n) is 3.36. The van der Waals surface area contributed by atoms with E-state index in [4.69, 9.17) is 16.0 Å². The van der Waals surface area contributed by atoms with Crippen LogP contribution in [0.15, 0.2) is 47.3 Å². The zero-order valence-corrected chi connectivity index (χ0v) is 11.6. The summed E-state index contributed by atoms with van der Waals surface area (Å²) in [6.07, 6.45) is 8.23. The topological polar surface area (TPSA) is 42.2 Å². The van der Waals surface area contributed by atoms with E-state index in [0.717, 1.165) is 36.1 Å². The second-order valence-electron chi connectivity index (χ2n) is 4.79. The van der Waals surface area contributed by atoms with Crippen molar-refractivity contribution in [2.45, 2.75) is 19.3 Å². The number of benzene rings is 1. The molecule has 20 heavy (non-hydrogen) atoms. The van der Waals surface area contributed by atoms with Gasteiger partial charge in [-0.1, -0.05) is 23.7 Å². The molecule has 1 aromatic heterocycles. The van der Waals surface area contributed by atoms with Gasteiger partial charge in [0.15, 0.2) is 0 Å². The lowest BCUT2D eigenvalue weighted by atomic mass is 10.0. The Balaban J connectivity index is 1.68. The highest BCUT2D eigenvalue weighted by atomic mass is 35.5. The van der Waals surface area contributed by atoms with Crippen LogP contribution in [-0.2, 0) is 11.2 Å². The van der Waals surface area contributed by atoms with Crippen molar-refractivity contribution in [3.63, 3.8) is 0 Å². The van der Waals surface area contributed by atoms with Gasteiger partial charge >= 0.3 is 0 Å². The molecule has 102 valence electrons. The van der Waals surface area contributed by atoms with Crippen molar-refractivity contribution < 1.29 is 9.21 Å². The van der Waals surface area contributed by atoms with E-state index >= 15 is 0 Å². The lowest BCUT2D eigenvalue weighted by molar-refractivity contribution is -0.110. The third-order valence-corrected chi connectivity index (χ3v) is 3.60. The maximum Gasteiger partial charge on any atom is 0.256 e. The molecule has 0 unspecified atom stereocenters. The molecule has 0 atom stereocenters. The molecule has 1 amide bonds. The number of fused-ring (bicyclic) bond motifs is 1. The Hall–Kier alpha value is -2.00. The van der Waals surface area contributed by atoms with Crippen LogP contribution in [0.4, 0.5) is 5.69 Å². The first kappa shape index (κ1) is 13.0. The number of halogens is 1. The minimum atomic E-state index is -0.0504. The first-order chi connectivity index (χ1) is 9.74. The SMILES string of the molecule is O=C1Nc2cc(Cl)ccc2C1=CCCCc1ccoc1. The number of hydrogen-bond donors (Lipinski definition) is 1. The molecule has 4 heteroatoms. The largest absolute Gasteiger partial charge is 0.472 e. The van der Waals surface area contributed by atoms with Crippen LogP contribution in [0.2, 0.25) is 5.02 Å². The van der Waals surface area contributed by atoms with Crippen LogP contribution in [-0.4, -0.2) is 5.91 Å². The van der Waals surface area contributed by atoms with Crippen molar-refractivity contribution in [2.75, 3.05) is 5.32 Å². The van der Waals surface area contributed by atoms with Gasteiger partial charge in [-0.15, -0.1) is 0 Å². The summed E-state index contributed by atoms with van der Waals surface area (Å²) in [4.78, 5) is 11.9. The highest BCUT2D eigenvalue weighted by Gasteiger charge is 2.23. The number of carbonyl (C=O) groups excluding carboxylic acids is 1. The first-order valence-corrected chi connectivity index (χ1v) is 6.94. The average Bonchev–Trinajstić information content (AvgIpc) is 3.02. The summed E-state index contributed by atoms with van der Waals surface area (Å²) in [6.45, 7) is 0. The van der Waals surface area contributed by atoms with E-state index in [9.17, 15) is 4.79 Å². The van der Waals surface area contributed by atoms with Crippen LogP contribution in [0.3, 0.4) is 0 Å². The molecule has 0 aliphatic carbocycles. The number of furan rings is 1. The number of hydrogen-bond acceptors (Lipinski definition) is 2. The maximum atomic E-state index is 11.9. The molecule has 2 aromatic rings. The smallest absolute Gasteiger partial charge is 0.256 e. The van der Waals surface area contributed by atoms with Crippen molar-refractivity contribution in [2.24, 2.45) is 0 Å². The molecule has 3 nitrogen and oxygen atoms in total. The van der Waals surface area contributed by atoms with Crippen LogP contribution in [0, 0.1) is 0 Å². The van der Waals surface area contributed by atoms with Gasteiger partial charge < -0.3 is 9.73 Å². The predicted molar refractivity (Wildman–Crippen MR) is 79.7 cm³/mol. The van der Waals surface area contributed by atoms with E-state index < -0.39 is 0 Å². The molecular formula is C16H14ClNO2. The van der Waals surface area contributed by atoms with Gasteiger partial charge in [-0.25, -0.2) is 0 Å². The number of allylic oxidation sites excluding steroid dienone is 1. The predicted octanol–water partition coefficient (Wildman–Crippen LogP) is 4.29. The number of rotatable bonds is 4. The summed E-state index contributed by atoms with van der Waals surface area (Å²) >= 11 is 5.92. The zero-order chi connectivity index (χ0) is 13.9. The Morgan fingerprint density at radius 2 is 2.20 bits per heavy atom. The first-order valence-electron chi connectivity index (χ1n) is 6.56. The average molecular weight is 288 g/mol. The molecule has 1 aliphatic heterocycles. The molecule has 1 N–H and O–H groups in total. The van der Waals surface area contributed by atoms with Gasteiger partial charge in [0.05, 0.1) is 18.2 Å². The number of aryl methyl sites for hydroxylation is 1. The standard InChI is InChI=1S/C16H14ClNO2/c17-12-5-6-13-14(16(19)18-15(13)9-12)4-2-1-3-11-7-8-20-10-11/h4-10H,1-3H2,(H,18,19). The molecule has 1 aromatic carbocycles. The van der Waals surface area contributed by atoms with Gasteiger partial charge in [0.2, 0.25) is 0 Å². The minimum Gasteiger partial charge on any atom is -0.472 e. The third kappa shape index (κ3) is 2.63. The molecule has 1 aliphatic rings. The second kappa shape index (κ2) is 5.55. The van der Waals surface area contributed by atoms with Gasteiger partial charge in [-0.2, -0.15) is 0 Å². The Bertz CT molecular complexity index is 659. The van der Waals surface area contributed by atoms with Gasteiger partial charge in [0.25, 0.3) is 5.91 Å². The molecule has 0 spiro atoms. The number of nitrogens with one attached hydrogen (secondary N) is 1. The lowest BCUT2D eigenvalue weighted by Gasteiger charge is -1.99. The van der Waals surface area contributed by atoms with Crippen LogP contribution >= 0.6 is 11.6 Å². The van der Waals surface area contributed by atoms with Crippen molar-refractivity contribution >= 4 is 28.8 Å². The van der Waals surface area contributed by atoms with Gasteiger partial charge in [-0.05, 0) is 43.0 Å². The monoisotopic (exact) mass is 287 g/mol. The molecule has 0 fully saturated rings. The van der Waals surface area contributed by atoms with Crippen LogP contribution < -0.4 is 5.32 Å². The summed E-state index contributed by atoms with van der Waals surface area (Å²) in [5.41, 5.74) is 3.65. The van der Waals surface area contributed by atoms with Crippen molar-refractivity contribution in [3.05, 3.63) is 59.0 Å². The Kier molecular flexibility index (Phi) is 3.61. The molecule has 0 saturated carbocycles. The molecular weight excluding hydrogens is 274 g/mol. The summed E-state index contributed by atoms with van der Waals surface area (Å²) < 4.78 is 5.03. The minimum absolute atomic E-state index is 0.0504. The van der Waals surface area contributed by atoms with Gasteiger partial charge in [0, 0.05) is 16.2 Å². The van der Waals surface area contributed by atoms with Crippen LogP contribution in [0.5, 0.6) is 0 Å². The van der Waals surface area contributed by atoms with E-state index in [1.807, 2.05) is 18.2 Å². The zero-order valence-electron chi connectivity index (χ0n) is 10.9. The second-order valence-corrected chi connectivity index (χ2v) is 5.22. The van der Waals surface area contributed by atoms with E-state index in [1.165, 1.54) is 5.56 Å². The van der Waals surface area contributed by atoms with E-state index in [0.29, 0.717) is 5.02 Å². The highest BCUT2D eigenvalue weighted by molar-refractivity contribution is 6.34. The molecule has 2 heterocycles. The summed E-state index contributed by atoms with van der Waals surface area (Å²) in [7, 11) is 0. The van der Waals surface area contributed by atoms with E-state index in [2.05, 4.69) is 5.32 Å². The summed E-state index contributed by atoms with van der Waals surface area (Å²) in [5, 5.41) is 3.47. The normalized spacial score (nSPS) is 15.4. The fourth-order valence-electron chi connectivity index (χ4n) is 2.36. The number of amides is 1. The number of carbonyl (C=O) groups is 1. The quantitative estimate of drug-likeness (QED) is 0.673. The fourth-order valence-corrected chi connectivity index (χ4v) is 2.53. The van der Waals surface area contributed by atoms with E-state index in [-0.39, 0.29) is 5.91 Å². The van der Waals surface area contributed by atoms with Gasteiger partial charge in [0.1, 0.15) is 0 Å². The summed E-state index contributed by atoms with van der Waals surface area (Å²) in [5.74, 6) is -0.0504. The summed E-state index contributed by atoms with van der Waals surface area (Å²) in [6, 6.07) is 7.44. The molecule has 0 bridgehead atoms. The number of anilines is 1. The van der Waals surface area contributed by atoms with Gasteiger partial charge in [-0.3, -0.25) is 4.79 Å². The Morgan fingerprint density at radius 1 is 1.30 bits per heavy atom. The van der Waals surface area contributed by atoms with Crippen molar-refractivity contribution in [1.82, 2.24) is 0 Å². The molecule has 0 radical (unpaired) electrons. The van der Waals surface area contributed by atoms with Crippen LogP contribution in [0.1, 0.15) is 24.0 Å².